The van der Waals surface area contributed by atoms with Crippen molar-refractivity contribution in [3.8, 4) is 5.75 Å². The van der Waals surface area contributed by atoms with Gasteiger partial charge in [0, 0.05) is 5.56 Å². The maximum Gasteiger partial charge on any atom is 0.142 e. The van der Waals surface area contributed by atoms with E-state index in [-0.39, 0.29) is 11.1 Å². The fraction of sp³-hybridized carbons (Fsp3) is 0.294. The van der Waals surface area contributed by atoms with Gasteiger partial charge in [0.2, 0.25) is 0 Å². The van der Waals surface area contributed by atoms with Gasteiger partial charge >= 0.3 is 0 Å². The van der Waals surface area contributed by atoms with Gasteiger partial charge in [0.1, 0.15) is 11.6 Å². The van der Waals surface area contributed by atoms with Gasteiger partial charge in [0.15, 0.2) is 0 Å². The summed E-state index contributed by atoms with van der Waals surface area (Å²) in [5.74, 6) is 0.343. The Morgan fingerprint density at radius 1 is 1.24 bits per heavy atom. The molecule has 0 aliphatic heterocycles. The van der Waals surface area contributed by atoms with Crippen molar-refractivity contribution >= 4 is 11.6 Å². The largest absolute Gasteiger partial charge is 0.496 e. The van der Waals surface area contributed by atoms with E-state index in [2.05, 4.69) is 5.32 Å². The number of benzene rings is 2. The number of ether oxygens (including phenoxy) is 1. The molecule has 0 aliphatic carbocycles. The van der Waals surface area contributed by atoms with Crippen molar-refractivity contribution < 1.29 is 9.13 Å². The van der Waals surface area contributed by atoms with Gasteiger partial charge in [-0.1, -0.05) is 48.4 Å². The zero-order valence-corrected chi connectivity index (χ0v) is 13.2. The zero-order chi connectivity index (χ0) is 15.4. The van der Waals surface area contributed by atoms with E-state index >= 15 is 0 Å². The molecule has 0 aliphatic rings. The summed E-state index contributed by atoms with van der Waals surface area (Å²) >= 11 is 6.15. The molecular weight excluding hydrogens is 289 g/mol. The van der Waals surface area contributed by atoms with Crippen LogP contribution < -0.4 is 10.1 Å². The van der Waals surface area contributed by atoms with E-state index in [0.717, 1.165) is 23.4 Å². The maximum absolute atomic E-state index is 13.8. The number of aryl methyl sites for hydroxylation is 1. The van der Waals surface area contributed by atoms with Crippen LogP contribution in [0, 0.1) is 12.7 Å². The van der Waals surface area contributed by atoms with E-state index in [4.69, 9.17) is 16.3 Å². The van der Waals surface area contributed by atoms with Crippen molar-refractivity contribution in [1.82, 2.24) is 5.32 Å². The summed E-state index contributed by atoms with van der Waals surface area (Å²) in [6.45, 7) is 4.75. The molecule has 0 saturated heterocycles. The second kappa shape index (κ2) is 6.92. The molecule has 0 spiro atoms. The van der Waals surface area contributed by atoms with Gasteiger partial charge in [-0.25, -0.2) is 4.39 Å². The van der Waals surface area contributed by atoms with Crippen LogP contribution in [0.1, 0.15) is 29.7 Å². The minimum absolute atomic E-state index is 0.145. The molecule has 0 fully saturated rings. The molecule has 0 saturated carbocycles. The molecular formula is C17H19ClFNO. The van der Waals surface area contributed by atoms with Crippen LogP contribution in [-0.4, -0.2) is 13.7 Å². The second-order valence-electron chi connectivity index (χ2n) is 4.88. The van der Waals surface area contributed by atoms with Crippen molar-refractivity contribution in [2.45, 2.75) is 19.9 Å². The molecule has 0 amide bonds. The van der Waals surface area contributed by atoms with Crippen molar-refractivity contribution in [1.29, 1.82) is 0 Å². The maximum atomic E-state index is 13.8. The summed E-state index contributed by atoms with van der Waals surface area (Å²) in [7, 11) is 1.63. The minimum Gasteiger partial charge on any atom is -0.496 e. The van der Waals surface area contributed by atoms with E-state index in [9.17, 15) is 4.39 Å². The molecule has 0 radical (unpaired) electrons. The molecule has 1 atom stereocenters. The van der Waals surface area contributed by atoms with Gasteiger partial charge in [0.25, 0.3) is 0 Å². The van der Waals surface area contributed by atoms with Crippen LogP contribution in [0.2, 0.25) is 5.02 Å². The number of methoxy groups -OCH3 is 1. The Morgan fingerprint density at radius 3 is 2.67 bits per heavy atom. The minimum atomic E-state index is -0.413. The van der Waals surface area contributed by atoms with Crippen molar-refractivity contribution in [2.75, 3.05) is 13.7 Å². The Bertz CT molecular complexity index is 630. The summed E-state index contributed by atoms with van der Waals surface area (Å²) in [4.78, 5) is 0. The SMILES string of the molecule is CCNC(c1cc(C)ccc1OC)c1cccc(F)c1Cl. The van der Waals surface area contributed by atoms with Crippen LogP contribution in [0.15, 0.2) is 36.4 Å². The first kappa shape index (κ1) is 15.8. The van der Waals surface area contributed by atoms with Crippen molar-refractivity contribution in [3.05, 3.63) is 63.9 Å². The van der Waals surface area contributed by atoms with Crippen LogP contribution >= 0.6 is 11.6 Å². The lowest BCUT2D eigenvalue weighted by molar-refractivity contribution is 0.404. The Balaban J connectivity index is 2.58. The van der Waals surface area contributed by atoms with Crippen LogP contribution in [0.3, 0.4) is 0 Å². The highest BCUT2D eigenvalue weighted by Crippen LogP contribution is 2.35. The number of halogens is 2. The van der Waals surface area contributed by atoms with Crippen LogP contribution in [0.4, 0.5) is 4.39 Å². The molecule has 2 rings (SSSR count). The highest BCUT2D eigenvalue weighted by molar-refractivity contribution is 6.31. The van der Waals surface area contributed by atoms with Crippen molar-refractivity contribution in [3.63, 3.8) is 0 Å². The summed E-state index contributed by atoms with van der Waals surface area (Å²) < 4.78 is 19.2. The van der Waals surface area contributed by atoms with Gasteiger partial charge in [0.05, 0.1) is 18.2 Å². The summed E-state index contributed by atoms with van der Waals surface area (Å²) in [5.41, 5.74) is 2.77. The quantitative estimate of drug-likeness (QED) is 0.878. The Hall–Kier alpha value is -1.58. The van der Waals surface area contributed by atoms with E-state index in [1.54, 1.807) is 13.2 Å². The Labute approximate surface area is 129 Å². The van der Waals surface area contributed by atoms with E-state index in [0.29, 0.717) is 5.56 Å². The molecule has 0 aromatic heterocycles. The molecule has 2 aromatic rings. The highest BCUT2D eigenvalue weighted by Gasteiger charge is 2.21. The molecule has 2 aromatic carbocycles. The standard InChI is InChI=1S/C17H19ClFNO/c1-4-20-17(12-6-5-7-14(19)16(12)18)13-10-11(2)8-9-15(13)21-3/h5-10,17,20H,4H2,1-3H3. The first-order valence-electron chi connectivity index (χ1n) is 6.90. The average Bonchev–Trinajstić information content (AvgIpc) is 2.48. The third-order valence-corrected chi connectivity index (χ3v) is 3.80. The van der Waals surface area contributed by atoms with E-state index in [1.165, 1.54) is 6.07 Å². The van der Waals surface area contributed by atoms with E-state index in [1.807, 2.05) is 38.1 Å². The molecule has 112 valence electrons. The number of hydrogen-bond donors (Lipinski definition) is 1. The molecule has 0 heterocycles. The average molecular weight is 308 g/mol. The smallest absolute Gasteiger partial charge is 0.142 e. The second-order valence-corrected chi connectivity index (χ2v) is 5.26. The topological polar surface area (TPSA) is 21.3 Å². The third-order valence-electron chi connectivity index (χ3n) is 3.40. The van der Waals surface area contributed by atoms with Gasteiger partial charge in [-0.05, 0) is 31.2 Å². The number of nitrogens with one attached hydrogen (secondary N) is 1. The lowest BCUT2D eigenvalue weighted by Gasteiger charge is -2.23. The van der Waals surface area contributed by atoms with Gasteiger partial charge in [-0.15, -0.1) is 0 Å². The van der Waals surface area contributed by atoms with Crippen LogP contribution in [0.5, 0.6) is 5.75 Å². The normalized spacial score (nSPS) is 12.2. The van der Waals surface area contributed by atoms with Gasteiger partial charge in [-0.2, -0.15) is 0 Å². The van der Waals surface area contributed by atoms with Crippen LogP contribution in [0.25, 0.3) is 0 Å². The third kappa shape index (κ3) is 3.36. The Morgan fingerprint density at radius 2 is 2.00 bits per heavy atom. The predicted molar refractivity (Wildman–Crippen MR) is 84.7 cm³/mol. The number of rotatable bonds is 5. The first-order chi connectivity index (χ1) is 10.1. The Kier molecular flexibility index (Phi) is 5.21. The molecule has 1 unspecified atom stereocenters. The molecule has 2 nitrogen and oxygen atoms in total. The lowest BCUT2D eigenvalue weighted by atomic mass is 9.96. The molecule has 4 heteroatoms. The molecule has 1 N–H and O–H groups in total. The first-order valence-corrected chi connectivity index (χ1v) is 7.28. The zero-order valence-electron chi connectivity index (χ0n) is 12.4. The van der Waals surface area contributed by atoms with E-state index < -0.39 is 5.82 Å². The number of hydrogen-bond acceptors (Lipinski definition) is 2. The fourth-order valence-corrected chi connectivity index (χ4v) is 2.65. The van der Waals surface area contributed by atoms with Gasteiger partial charge < -0.3 is 10.1 Å². The fourth-order valence-electron chi connectivity index (χ4n) is 2.41. The van der Waals surface area contributed by atoms with Crippen LogP contribution in [-0.2, 0) is 0 Å². The monoisotopic (exact) mass is 307 g/mol. The summed E-state index contributed by atoms with van der Waals surface area (Å²) in [5, 5.41) is 3.50. The summed E-state index contributed by atoms with van der Waals surface area (Å²) in [6.07, 6.45) is 0. The highest BCUT2D eigenvalue weighted by atomic mass is 35.5. The molecule has 0 bridgehead atoms. The predicted octanol–water partition coefficient (Wildman–Crippen LogP) is 4.50. The lowest BCUT2D eigenvalue weighted by Crippen LogP contribution is -2.23. The summed E-state index contributed by atoms with van der Waals surface area (Å²) in [6, 6.07) is 10.6. The van der Waals surface area contributed by atoms with Crippen molar-refractivity contribution in [2.24, 2.45) is 0 Å². The molecule has 21 heavy (non-hydrogen) atoms. The van der Waals surface area contributed by atoms with Gasteiger partial charge in [-0.3, -0.25) is 0 Å².